The summed E-state index contributed by atoms with van der Waals surface area (Å²) in [4.78, 5) is 16.5. The lowest BCUT2D eigenvalue weighted by Crippen LogP contribution is -2.15. The number of aromatic nitrogens is 4. The fraction of sp³-hybridized carbons (Fsp3) is 0.353. The quantitative estimate of drug-likeness (QED) is 0.732. The first-order valence-corrected chi connectivity index (χ1v) is 8.65. The Labute approximate surface area is 149 Å². The number of H-pyrrole nitrogens is 1. The number of aromatic amines is 1. The zero-order valence-electron chi connectivity index (χ0n) is 13.5. The minimum absolute atomic E-state index is 0.0471. The van der Waals surface area contributed by atoms with Crippen LogP contribution in [0, 0.1) is 0 Å². The van der Waals surface area contributed by atoms with E-state index >= 15 is 0 Å². The number of fused-ring (bicyclic) bond motifs is 1. The maximum Gasteiger partial charge on any atom is 0.248 e. The molecule has 0 spiro atoms. The number of ether oxygens (including phenoxy) is 1. The Hall–Kier alpha value is -2.38. The molecule has 8 heteroatoms. The summed E-state index contributed by atoms with van der Waals surface area (Å²) in [6, 6.07) is 7.73. The van der Waals surface area contributed by atoms with Crippen molar-refractivity contribution in [2.24, 2.45) is 0 Å². The van der Waals surface area contributed by atoms with Crippen LogP contribution in [0.25, 0.3) is 10.9 Å². The van der Waals surface area contributed by atoms with Crippen LogP contribution in [0.4, 0.5) is 5.95 Å². The smallest absolute Gasteiger partial charge is 0.248 e. The summed E-state index contributed by atoms with van der Waals surface area (Å²) in [7, 11) is 0. The highest BCUT2D eigenvalue weighted by Gasteiger charge is 2.21. The summed E-state index contributed by atoms with van der Waals surface area (Å²) in [5.41, 5.74) is 1.01. The molecule has 2 N–H and O–H groups in total. The Morgan fingerprint density at radius 1 is 1.44 bits per heavy atom. The van der Waals surface area contributed by atoms with Gasteiger partial charge in [0.15, 0.2) is 5.82 Å². The summed E-state index contributed by atoms with van der Waals surface area (Å²) in [6.45, 7) is 1.29. The SMILES string of the molecule is O=C(CCn1ccc2ccc(Cl)cc21)Nc1n[nH]c([C@H]2CCCO2)n1. The van der Waals surface area contributed by atoms with E-state index in [9.17, 15) is 4.79 Å². The van der Waals surface area contributed by atoms with Gasteiger partial charge in [0, 0.05) is 36.3 Å². The van der Waals surface area contributed by atoms with Crippen LogP contribution in [0.15, 0.2) is 30.5 Å². The second-order valence-corrected chi connectivity index (χ2v) is 6.49. The van der Waals surface area contributed by atoms with Crippen molar-refractivity contribution in [3.8, 4) is 0 Å². The highest BCUT2D eigenvalue weighted by molar-refractivity contribution is 6.31. The van der Waals surface area contributed by atoms with Crippen molar-refractivity contribution < 1.29 is 9.53 Å². The van der Waals surface area contributed by atoms with E-state index in [2.05, 4.69) is 20.5 Å². The molecule has 4 rings (SSSR count). The lowest BCUT2D eigenvalue weighted by molar-refractivity contribution is -0.116. The van der Waals surface area contributed by atoms with E-state index in [1.807, 2.05) is 35.0 Å². The van der Waals surface area contributed by atoms with E-state index in [0.29, 0.717) is 23.8 Å². The van der Waals surface area contributed by atoms with Crippen molar-refractivity contribution >= 4 is 34.4 Å². The van der Waals surface area contributed by atoms with Gasteiger partial charge < -0.3 is 9.30 Å². The molecule has 130 valence electrons. The second kappa shape index (κ2) is 6.85. The van der Waals surface area contributed by atoms with Gasteiger partial charge >= 0.3 is 0 Å². The minimum atomic E-state index is -0.137. The average Bonchev–Trinajstić information content (AvgIpc) is 3.33. The van der Waals surface area contributed by atoms with E-state index in [-0.39, 0.29) is 18.0 Å². The van der Waals surface area contributed by atoms with Crippen LogP contribution in [0.5, 0.6) is 0 Å². The molecule has 25 heavy (non-hydrogen) atoms. The Kier molecular flexibility index (Phi) is 4.42. The largest absolute Gasteiger partial charge is 0.370 e. The lowest BCUT2D eigenvalue weighted by Gasteiger charge is -2.06. The molecule has 0 aliphatic carbocycles. The van der Waals surface area contributed by atoms with Crippen LogP contribution < -0.4 is 5.32 Å². The Balaban J connectivity index is 1.36. The molecule has 1 fully saturated rings. The number of amides is 1. The number of nitrogens with one attached hydrogen (secondary N) is 2. The molecule has 2 aromatic heterocycles. The maximum absolute atomic E-state index is 12.2. The minimum Gasteiger partial charge on any atom is -0.370 e. The van der Waals surface area contributed by atoms with Gasteiger partial charge in [-0.3, -0.25) is 15.2 Å². The first-order chi connectivity index (χ1) is 12.2. The molecular weight excluding hydrogens is 342 g/mol. The van der Waals surface area contributed by atoms with E-state index in [1.54, 1.807) is 0 Å². The fourth-order valence-corrected chi connectivity index (χ4v) is 3.20. The van der Waals surface area contributed by atoms with Crippen molar-refractivity contribution in [2.45, 2.75) is 31.9 Å². The molecule has 0 unspecified atom stereocenters. The third-order valence-electron chi connectivity index (χ3n) is 4.30. The van der Waals surface area contributed by atoms with Crippen molar-refractivity contribution in [2.75, 3.05) is 11.9 Å². The second-order valence-electron chi connectivity index (χ2n) is 6.06. The molecule has 1 aliphatic heterocycles. The number of carbonyl (C=O) groups is 1. The molecule has 1 aliphatic rings. The molecular formula is C17H18ClN5O2. The van der Waals surface area contributed by atoms with Gasteiger partial charge in [-0.25, -0.2) is 0 Å². The summed E-state index contributed by atoms with van der Waals surface area (Å²) in [6.07, 6.45) is 4.17. The predicted molar refractivity (Wildman–Crippen MR) is 94.5 cm³/mol. The van der Waals surface area contributed by atoms with Crippen LogP contribution >= 0.6 is 11.6 Å². The molecule has 3 heterocycles. The van der Waals surface area contributed by atoms with Gasteiger partial charge in [0.2, 0.25) is 11.9 Å². The monoisotopic (exact) mass is 359 g/mol. The van der Waals surface area contributed by atoms with Crippen LogP contribution in [0.3, 0.4) is 0 Å². The van der Waals surface area contributed by atoms with Gasteiger partial charge in [0.1, 0.15) is 6.10 Å². The summed E-state index contributed by atoms with van der Waals surface area (Å²) >= 11 is 6.05. The Morgan fingerprint density at radius 3 is 3.20 bits per heavy atom. The zero-order chi connectivity index (χ0) is 17.2. The molecule has 3 aromatic rings. The lowest BCUT2D eigenvalue weighted by atomic mass is 10.2. The molecule has 7 nitrogen and oxygen atoms in total. The van der Waals surface area contributed by atoms with Crippen LogP contribution in [-0.2, 0) is 16.1 Å². The van der Waals surface area contributed by atoms with Crippen molar-refractivity contribution in [1.29, 1.82) is 0 Å². The van der Waals surface area contributed by atoms with Crippen molar-refractivity contribution in [3.63, 3.8) is 0 Å². The number of aryl methyl sites for hydroxylation is 1. The number of carbonyl (C=O) groups excluding carboxylic acids is 1. The average molecular weight is 360 g/mol. The number of rotatable bonds is 5. The fourth-order valence-electron chi connectivity index (χ4n) is 3.03. The predicted octanol–water partition coefficient (Wildman–Crippen LogP) is 3.29. The van der Waals surface area contributed by atoms with Gasteiger partial charge in [-0.1, -0.05) is 17.7 Å². The third-order valence-corrected chi connectivity index (χ3v) is 4.54. The number of benzene rings is 1. The number of hydrogen-bond acceptors (Lipinski definition) is 4. The molecule has 1 saturated heterocycles. The normalized spacial score (nSPS) is 17.2. The topological polar surface area (TPSA) is 84.8 Å². The van der Waals surface area contributed by atoms with Crippen molar-refractivity contribution in [3.05, 3.63) is 41.3 Å². The Morgan fingerprint density at radius 2 is 2.36 bits per heavy atom. The summed E-state index contributed by atoms with van der Waals surface area (Å²) < 4.78 is 7.55. The van der Waals surface area contributed by atoms with Gasteiger partial charge in [-0.2, -0.15) is 4.98 Å². The zero-order valence-corrected chi connectivity index (χ0v) is 14.3. The van der Waals surface area contributed by atoms with Crippen LogP contribution in [0.1, 0.15) is 31.2 Å². The molecule has 0 saturated carbocycles. The number of anilines is 1. The number of halogens is 1. The van der Waals surface area contributed by atoms with E-state index in [4.69, 9.17) is 16.3 Å². The third kappa shape index (κ3) is 3.52. The first-order valence-electron chi connectivity index (χ1n) is 8.27. The standard InChI is InChI=1S/C17H18ClN5O2/c18-12-4-3-11-5-7-23(13(11)10-12)8-6-15(24)19-17-20-16(21-22-17)14-2-1-9-25-14/h3-5,7,10,14H,1-2,6,8-9H2,(H2,19,20,21,22,24)/t14-/m1/s1. The Bertz CT molecular complexity index is 897. The molecule has 0 radical (unpaired) electrons. The maximum atomic E-state index is 12.2. The van der Waals surface area contributed by atoms with Crippen LogP contribution in [-0.4, -0.2) is 32.3 Å². The summed E-state index contributed by atoms with van der Waals surface area (Å²) in [5.74, 6) is 0.816. The highest BCUT2D eigenvalue weighted by atomic mass is 35.5. The van der Waals surface area contributed by atoms with E-state index in [0.717, 1.165) is 30.4 Å². The van der Waals surface area contributed by atoms with Gasteiger partial charge in [-0.15, -0.1) is 5.10 Å². The van der Waals surface area contributed by atoms with Crippen molar-refractivity contribution in [1.82, 2.24) is 19.7 Å². The molecule has 0 bridgehead atoms. The highest BCUT2D eigenvalue weighted by Crippen LogP contribution is 2.26. The van der Waals surface area contributed by atoms with E-state index < -0.39 is 0 Å². The first kappa shape index (κ1) is 16.1. The molecule has 1 amide bonds. The molecule has 1 atom stereocenters. The number of nitrogens with zero attached hydrogens (tertiary/aromatic N) is 3. The van der Waals surface area contributed by atoms with Gasteiger partial charge in [0.25, 0.3) is 0 Å². The number of hydrogen-bond donors (Lipinski definition) is 2. The van der Waals surface area contributed by atoms with Gasteiger partial charge in [-0.05, 0) is 36.4 Å². The summed E-state index contributed by atoms with van der Waals surface area (Å²) in [5, 5.41) is 11.4. The van der Waals surface area contributed by atoms with Gasteiger partial charge in [0.05, 0.1) is 0 Å². The molecule has 1 aromatic carbocycles. The van der Waals surface area contributed by atoms with E-state index in [1.165, 1.54) is 0 Å². The van der Waals surface area contributed by atoms with Crippen LogP contribution in [0.2, 0.25) is 5.02 Å².